The number of carbonyl (C=O) groups excluding carboxylic acids is 2. The van der Waals surface area contributed by atoms with Crippen LogP contribution in [-0.4, -0.2) is 16.8 Å². The number of thiazole rings is 1. The standard InChI is InChI=1S/C16H19N3O2S2/c1-8-6-12(8)15(21)19-16-18-14(9(2)22-16)13-5-4-11(23-13)7-17-10(3)20/h4-5,8,12H,6-7H2,1-3H3,(H,17,20)(H,18,19,21). The van der Waals surface area contributed by atoms with E-state index in [1.54, 1.807) is 11.3 Å². The van der Waals surface area contributed by atoms with Crippen molar-refractivity contribution in [2.75, 3.05) is 5.32 Å². The number of aromatic nitrogens is 1. The van der Waals surface area contributed by atoms with E-state index < -0.39 is 0 Å². The molecule has 2 amide bonds. The number of thiophene rings is 1. The minimum absolute atomic E-state index is 0.0379. The van der Waals surface area contributed by atoms with Gasteiger partial charge in [-0.05, 0) is 31.4 Å². The third-order valence-corrected chi connectivity index (χ3v) is 5.86. The van der Waals surface area contributed by atoms with Gasteiger partial charge in [-0.1, -0.05) is 6.92 Å². The van der Waals surface area contributed by atoms with E-state index in [1.807, 2.05) is 19.1 Å². The van der Waals surface area contributed by atoms with Crippen LogP contribution in [0, 0.1) is 18.8 Å². The van der Waals surface area contributed by atoms with E-state index >= 15 is 0 Å². The lowest BCUT2D eigenvalue weighted by atomic mass is 10.3. The van der Waals surface area contributed by atoms with E-state index in [2.05, 4.69) is 22.5 Å². The highest BCUT2D eigenvalue weighted by Crippen LogP contribution is 2.39. The molecule has 0 saturated heterocycles. The molecule has 7 heteroatoms. The Balaban J connectivity index is 1.70. The summed E-state index contributed by atoms with van der Waals surface area (Å²) in [6.07, 6.45) is 0.973. The first-order chi connectivity index (χ1) is 10.9. The number of aryl methyl sites for hydroxylation is 1. The Hall–Kier alpha value is -1.73. The van der Waals surface area contributed by atoms with Crippen molar-refractivity contribution in [2.24, 2.45) is 11.8 Å². The first-order valence-corrected chi connectivity index (χ1v) is 9.19. The summed E-state index contributed by atoms with van der Waals surface area (Å²) in [6, 6.07) is 4.01. The lowest BCUT2D eigenvalue weighted by Crippen LogP contribution is -2.17. The lowest BCUT2D eigenvalue weighted by Gasteiger charge is -1.98. The smallest absolute Gasteiger partial charge is 0.229 e. The highest BCUT2D eigenvalue weighted by atomic mass is 32.1. The SMILES string of the molecule is CC(=O)NCc1ccc(-c2nc(NC(=O)C3CC3C)sc2C)s1. The second-order valence-electron chi connectivity index (χ2n) is 5.91. The fourth-order valence-electron chi connectivity index (χ4n) is 2.38. The Morgan fingerprint density at radius 3 is 2.74 bits per heavy atom. The molecule has 1 aliphatic carbocycles. The molecule has 0 radical (unpaired) electrons. The van der Waals surface area contributed by atoms with Crippen LogP contribution in [-0.2, 0) is 16.1 Å². The van der Waals surface area contributed by atoms with Crippen molar-refractivity contribution in [3.8, 4) is 10.6 Å². The van der Waals surface area contributed by atoms with Gasteiger partial charge in [0.05, 0.1) is 17.1 Å². The monoisotopic (exact) mass is 349 g/mol. The fourth-order valence-corrected chi connectivity index (χ4v) is 4.27. The highest BCUT2D eigenvalue weighted by Gasteiger charge is 2.39. The van der Waals surface area contributed by atoms with Crippen LogP contribution in [0.15, 0.2) is 12.1 Å². The van der Waals surface area contributed by atoms with Crippen molar-refractivity contribution in [2.45, 2.75) is 33.7 Å². The molecule has 0 aromatic carbocycles. The number of amides is 2. The first kappa shape index (κ1) is 16.1. The maximum atomic E-state index is 12.0. The molecule has 2 aromatic heterocycles. The van der Waals surface area contributed by atoms with Gasteiger partial charge in [0.25, 0.3) is 0 Å². The summed E-state index contributed by atoms with van der Waals surface area (Å²) in [5, 5.41) is 6.39. The molecular formula is C16H19N3O2S2. The minimum Gasteiger partial charge on any atom is -0.351 e. The third kappa shape index (κ3) is 3.79. The zero-order valence-electron chi connectivity index (χ0n) is 13.3. The van der Waals surface area contributed by atoms with Crippen LogP contribution in [0.5, 0.6) is 0 Å². The average molecular weight is 349 g/mol. The quantitative estimate of drug-likeness (QED) is 0.869. The number of carbonyl (C=O) groups is 2. The molecule has 23 heavy (non-hydrogen) atoms. The molecule has 2 unspecified atom stereocenters. The van der Waals surface area contributed by atoms with Gasteiger partial charge in [-0.15, -0.1) is 22.7 Å². The minimum atomic E-state index is -0.0379. The Morgan fingerprint density at radius 1 is 1.35 bits per heavy atom. The normalized spacial score (nSPS) is 19.4. The highest BCUT2D eigenvalue weighted by molar-refractivity contribution is 7.18. The van der Waals surface area contributed by atoms with Gasteiger partial charge < -0.3 is 10.6 Å². The van der Waals surface area contributed by atoms with E-state index in [-0.39, 0.29) is 17.7 Å². The van der Waals surface area contributed by atoms with Crippen molar-refractivity contribution in [1.82, 2.24) is 10.3 Å². The van der Waals surface area contributed by atoms with Crippen molar-refractivity contribution < 1.29 is 9.59 Å². The zero-order valence-corrected chi connectivity index (χ0v) is 14.9. The Bertz CT molecular complexity index is 750. The molecule has 0 aliphatic heterocycles. The van der Waals surface area contributed by atoms with Crippen LogP contribution >= 0.6 is 22.7 Å². The molecule has 2 aromatic rings. The second kappa shape index (κ2) is 6.41. The van der Waals surface area contributed by atoms with Crippen LogP contribution in [0.25, 0.3) is 10.6 Å². The summed E-state index contributed by atoms with van der Waals surface area (Å²) in [5.41, 5.74) is 0.910. The van der Waals surface area contributed by atoms with Crippen LogP contribution in [0.2, 0.25) is 0 Å². The van der Waals surface area contributed by atoms with E-state index in [1.165, 1.54) is 18.3 Å². The molecule has 2 heterocycles. The van der Waals surface area contributed by atoms with E-state index in [4.69, 9.17) is 0 Å². The summed E-state index contributed by atoms with van der Waals surface area (Å²) in [6.45, 7) is 6.14. The molecule has 1 fully saturated rings. The summed E-state index contributed by atoms with van der Waals surface area (Å²) in [4.78, 5) is 30.8. The summed E-state index contributed by atoms with van der Waals surface area (Å²) in [7, 11) is 0. The molecule has 1 saturated carbocycles. The maximum Gasteiger partial charge on any atom is 0.229 e. The number of anilines is 1. The number of nitrogens with zero attached hydrogens (tertiary/aromatic N) is 1. The van der Waals surface area contributed by atoms with Crippen LogP contribution in [0.3, 0.4) is 0 Å². The summed E-state index contributed by atoms with van der Waals surface area (Å²) >= 11 is 3.12. The van der Waals surface area contributed by atoms with Gasteiger partial charge in [-0.3, -0.25) is 9.59 Å². The number of hydrogen-bond acceptors (Lipinski definition) is 5. The van der Waals surface area contributed by atoms with Gasteiger partial charge in [0.2, 0.25) is 11.8 Å². The first-order valence-electron chi connectivity index (χ1n) is 7.56. The van der Waals surface area contributed by atoms with Crippen LogP contribution in [0.4, 0.5) is 5.13 Å². The Kier molecular flexibility index (Phi) is 4.50. The summed E-state index contributed by atoms with van der Waals surface area (Å²) < 4.78 is 0. The maximum absolute atomic E-state index is 12.0. The van der Waals surface area contributed by atoms with Crippen molar-refractivity contribution in [3.63, 3.8) is 0 Å². The molecule has 2 N–H and O–H groups in total. The Labute approximate surface area is 143 Å². The molecule has 2 atom stereocenters. The van der Waals surface area contributed by atoms with Crippen molar-refractivity contribution in [1.29, 1.82) is 0 Å². The number of nitrogens with one attached hydrogen (secondary N) is 2. The van der Waals surface area contributed by atoms with Gasteiger partial charge in [-0.2, -0.15) is 0 Å². The predicted octanol–water partition coefficient (Wildman–Crippen LogP) is 3.41. The topological polar surface area (TPSA) is 71.1 Å². The van der Waals surface area contributed by atoms with Crippen LogP contribution in [0.1, 0.15) is 30.0 Å². The van der Waals surface area contributed by atoms with Crippen molar-refractivity contribution >= 4 is 39.6 Å². The van der Waals surface area contributed by atoms with Gasteiger partial charge in [0, 0.05) is 22.6 Å². The fraction of sp³-hybridized carbons (Fsp3) is 0.438. The lowest BCUT2D eigenvalue weighted by molar-refractivity contribution is -0.119. The average Bonchev–Trinajstić information content (AvgIpc) is 2.90. The molecular weight excluding hydrogens is 330 g/mol. The van der Waals surface area contributed by atoms with E-state index in [0.29, 0.717) is 17.6 Å². The molecule has 0 bridgehead atoms. The van der Waals surface area contributed by atoms with Gasteiger partial charge >= 0.3 is 0 Å². The zero-order chi connectivity index (χ0) is 16.6. The Morgan fingerprint density at radius 2 is 2.09 bits per heavy atom. The second-order valence-corrected chi connectivity index (χ2v) is 8.28. The number of hydrogen-bond donors (Lipinski definition) is 2. The predicted molar refractivity (Wildman–Crippen MR) is 93.6 cm³/mol. The molecule has 1 aliphatic rings. The summed E-state index contributed by atoms with van der Waals surface area (Å²) in [5.74, 6) is 0.678. The van der Waals surface area contributed by atoms with E-state index in [0.717, 1.165) is 26.7 Å². The molecule has 5 nitrogen and oxygen atoms in total. The largest absolute Gasteiger partial charge is 0.351 e. The van der Waals surface area contributed by atoms with Gasteiger partial charge in [0.1, 0.15) is 0 Å². The van der Waals surface area contributed by atoms with Crippen LogP contribution < -0.4 is 10.6 Å². The van der Waals surface area contributed by atoms with Gasteiger partial charge in [-0.25, -0.2) is 4.98 Å². The molecule has 3 rings (SSSR count). The molecule has 122 valence electrons. The third-order valence-electron chi connectivity index (χ3n) is 3.88. The molecule has 0 spiro atoms. The van der Waals surface area contributed by atoms with Gasteiger partial charge in [0.15, 0.2) is 5.13 Å². The number of rotatable bonds is 5. The van der Waals surface area contributed by atoms with Crippen molar-refractivity contribution in [3.05, 3.63) is 21.9 Å². The van der Waals surface area contributed by atoms with E-state index in [9.17, 15) is 9.59 Å².